The van der Waals surface area contributed by atoms with Crippen LogP contribution in [0.4, 0.5) is 11.4 Å². The lowest BCUT2D eigenvalue weighted by Gasteiger charge is -2.15. The zero-order valence-electron chi connectivity index (χ0n) is 18.2. The molecule has 33 heavy (non-hydrogen) atoms. The highest BCUT2D eigenvalue weighted by Crippen LogP contribution is 2.37. The number of amides is 3. The SMILES string of the molecule is CCOc1ccc(NC(=O)COC(=O)c2cccc(N3C(=O)[C@@H]4CC=CC[C@H]4C3=O)c2)cc1. The van der Waals surface area contributed by atoms with Crippen LogP contribution < -0.4 is 15.0 Å². The molecule has 2 aliphatic rings. The summed E-state index contributed by atoms with van der Waals surface area (Å²) in [5, 5.41) is 2.64. The summed E-state index contributed by atoms with van der Waals surface area (Å²) in [6, 6.07) is 13.0. The van der Waals surface area contributed by atoms with Crippen molar-refractivity contribution in [3.63, 3.8) is 0 Å². The summed E-state index contributed by atoms with van der Waals surface area (Å²) in [4.78, 5) is 51.3. The van der Waals surface area contributed by atoms with Gasteiger partial charge in [-0.25, -0.2) is 4.79 Å². The molecule has 0 aromatic heterocycles. The Morgan fingerprint density at radius 2 is 1.67 bits per heavy atom. The molecule has 170 valence electrons. The zero-order valence-corrected chi connectivity index (χ0v) is 18.2. The molecule has 0 spiro atoms. The van der Waals surface area contributed by atoms with E-state index in [0.717, 1.165) is 4.90 Å². The summed E-state index contributed by atoms with van der Waals surface area (Å²) in [6.07, 6.45) is 4.91. The van der Waals surface area contributed by atoms with Gasteiger partial charge in [0.1, 0.15) is 5.75 Å². The van der Waals surface area contributed by atoms with Crippen LogP contribution in [0.5, 0.6) is 5.75 Å². The van der Waals surface area contributed by atoms with Crippen LogP contribution in [0.3, 0.4) is 0 Å². The molecule has 4 rings (SSSR count). The second-order valence-corrected chi connectivity index (χ2v) is 7.80. The van der Waals surface area contributed by atoms with Gasteiger partial charge in [0, 0.05) is 5.69 Å². The predicted octanol–water partition coefficient (Wildman–Crippen LogP) is 3.34. The highest BCUT2D eigenvalue weighted by Gasteiger charge is 2.47. The van der Waals surface area contributed by atoms with Crippen LogP contribution in [0, 0.1) is 11.8 Å². The minimum atomic E-state index is -0.725. The number of hydrogen-bond acceptors (Lipinski definition) is 6. The first kappa shape index (κ1) is 22.3. The number of nitrogens with zero attached hydrogens (tertiary/aromatic N) is 1. The topological polar surface area (TPSA) is 102 Å². The Hall–Kier alpha value is -3.94. The van der Waals surface area contributed by atoms with E-state index in [1.807, 2.05) is 19.1 Å². The lowest BCUT2D eigenvalue weighted by atomic mass is 9.85. The second-order valence-electron chi connectivity index (χ2n) is 7.80. The largest absolute Gasteiger partial charge is 0.494 e. The first-order chi connectivity index (χ1) is 16.0. The third-order valence-corrected chi connectivity index (χ3v) is 5.63. The molecular formula is C25H24N2O6. The molecule has 3 amide bonds. The Morgan fingerprint density at radius 1 is 1.00 bits per heavy atom. The van der Waals surface area contributed by atoms with Crippen LogP contribution in [0.25, 0.3) is 0 Å². The van der Waals surface area contributed by atoms with E-state index in [-0.39, 0.29) is 29.2 Å². The molecule has 1 fully saturated rings. The van der Waals surface area contributed by atoms with Gasteiger partial charge in [-0.05, 0) is 62.2 Å². The smallest absolute Gasteiger partial charge is 0.338 e. The molecule has 2 atom stereocenters. The summed E-state index contributed by atoms with van der Waals surface area (Å²) < 4.78 is 10.5. The third kappa shape index (κ3) is 4.79. The third-order valence-electron chi connectivity index (χ3n) is 5.63. The van der Waals surface area contributed by atoms with Crippen LogP contribution in [0.1, 0.15) is 30.1 Å². The van der Waals surface area contributed by atoms with Crippen molar-refractivity contribution in [1.29, 1.82) is 0 Å². The lowest BCUT2D eigenvalue weighted by molar-refractivity contribution is -0.122. The maximum absolute atomic E-state index is 12.8. The summed E-state index contributed by atoms with van der Waals surface area (Å²) in [7, 11) is 0. The summed E-state index contributed by atoms with van der Waals surface area (Å²) in [6.45, 7) is 1.94. The quantitative estimate of drug-likeness (QED) is 0.396. The number of anilines is 2. The van der Waals surface area contributed by atoms with Crippen molar-refractivity contribution in [1.82, 2.24) is 0 Å². The van der Waals surface area contributed by atoms with E-state index in [1.54, 1.807) is 36.4 Å². The summed E-state index contributed by atoms with van der Waals surface area (Å²) in [5.74, 6) is -1.76. The van der Waals surface area contributed by atoms with E-state index < -0.39 is 18.5 Å². The number of nitrogens with one attached hydrogen (secondary N) is 1. The highest BCUT2D eigenvalue weighted by molar-refractivity contribution is 6.22. The number of rotatable bonds is 7. The van der Waals surface area contributed by atoms with Crippen molar-refractivity contribution in [2.75, 3.05) is 23.4 Å². The van der Waals surface area contributed by atoms with E-state index in [2.05, 4.69) is 5.32 Å². The van der Waals surface area contributed by atoms with Gasteiger partial charge >= 0.3 is 5.97 Å². The molecule has 8 heteroatoms. The van der Waals surface area contributed by atoms with Crippen LogP contribution >= 0.6 is 0 Å². The molecule has 2 aromatic carbocycles. The molecule has 1 N–H and O–H groups in total. The van der Waals surface area contributed by atoms with Gasteiger partial charge in [-0.2, -0.15) is 0 Å². The fourth-order valence-electron chi connectivity index (χ4n) is 4.04. The second kappa shape index (κ2) is 9.68. The predicted molar refractivity (Wildman–Crippen MR) is 121 cm³/mol. The molecule has 0 unspecified atom stereocenters. The molecule has 0 radical (unpaired) electrons. The number of carbonyl (C=O) groups is 4. The van der Waals surface area contributed by atoms with Gasteiger partial charge in [0.15, 0.2) is 6.61 Å². The number of fused-ring (bicyclic) bond motifs is 1. The van der Waals surface area contributed by atoms with Crippen molar-refractivity contribution in [2.24, 2.45) is 11.8 Å². The molecular weight excluding hydrogens is 424 g/mol. The van der Waals surface area contributed by atoms with Crippen LogP contribution in [0.15, 0.2) is 60.7 Å². The van der Waals surface area contributed by atoms with Gasteiger partial charge < -0.3 is 14.8 Å². The maximum Gasteiger partial charge on any atom is 0.338 e. The molecule has 8 nitrogen and oxygen atoms in total. The van der Waals surface area contributed by atoms with Gasteiger partial charge in [0.2, 0.25) is 11.8 Å². The van der Waals surface area contributed by atoms with Crippen molar-refractivity contribution in [3.8, 4) is 5.75 Å². The number of hydrogen-bond donors (Lipinski definition) is 1. The molecule has 0 bridgehead atoms. The molecule has 1 aliphatic heterocycles. The van der Waals surface area contributed by atoms with Gasteiger partial charge in [-0.3, -0.25) is 19.3 Å². The lowest BCUT2D eigenvalue weighted by Crippen LogP contribution is -2.31. The number of allylic oxidation sites excluding steroid dienone is 2. The van der Waals surface area contributed by atoms with E-state index in [1.165, 1.54) is 12.1 Å². The van der Waals surface area contributed by atoms with E-state index in [0.29, 0.717) is 36.6 Å². The highest BCUT2D eigenvalue weighted by atomic mass is 16.5. The Labute approximate surface area is 191 Å². The van der Waals surface area contributed by atoms with Crippen LogP contribution in [0.2, 0.25) is 0 Å². The molecule has 2 aromatic rings. The van der Waals surface area contributed by atoms with Gasteiger partial charge in [0.25, 0.3) is 5.91 Å². The number of benzene rings is 2. The van der Waals surface area contributed by atoms with E-state index in [4.69, 9.17) is 9.47 Å². The van der Waals surface area contributed by atoms with Gasteiger partial charge in [0.05, 0.1) is 29.7 Å². The van der Waals surface area contributed by atoms with Crippen molar-refractivity contribution in [3.05, 3.63) is 66.2 Å². The van der Waals surface area contributed by atoms with Crippen molar-refractivity contribution >= 4 is 35.1 Å². The Bertz CT molecular complexity index is 1080. The maximum atomic E-state index is 12.8. The number of esters is 1. The molecule has 0 saturated carbocycles. The fraction of sp³-hybridized carbons (Fsp3) is 0.280. The number of imide groups is 1. The first-order valence-corrected chi connectivity index (χ1v) is 10.8. The number of carbonyl (C=O) groups excluding carboxylic acids is 4. The standard InChI is InChI=1S/C25H24N2O6/c1-2-32-19-12-10-17(11-13-19)26-22(28)15-33-25(31)16-6-5-7-18(14-16)27-23(29)20-8-3-4-9-21(20)24(27)30/h3-7,10-14,20-21H,2,8-9,15H2,1H3,(H,26,28)/t20-,21-/m1/s1. The normalized spacial score (nSPS) is 19.2. The average molecular weight is 448 g/mol. The minimum absolute atomic E-state index is 0.148. The fourth-order valence-corrected chi connectivity index (χ4v) is 4.04. The Balaban J connectivity index is 1.36. The first-order valence-electron chi connectivity index (χ1n) is 10.8. The number of ether oxygens (including phenoxy) is 2. The van der Waals surface area contributed by atoms with E-state index >= 15 is 0 Å². The van der Waals surface area contributed by atoms with E-state index in [9.17, 15) is 19.2 Å². The molecule has 1 saturated heterocycles. The minimum Gasteiger partial charge on any atom is -0.494 e. The average Bonchev–Trinajstić information content (AvgIpc) is 3.09. The van der Waals surface area contributed by atoms with Gasteiger partial charge in [-0.1, -0.05) is 18.2 Å². The van der Waals surface area contributed by atoms with Crippen LogP contribution in [-0.4, -0.2) is 36.9 Å². The molecule has 1 heterocycles. The van der Waals surface area contributed by atoms with Crippen molar-refractivity contribution in [2.45, 2.75) is 19.8 Å². The van der Waals surface area contributed by atoms with Gasteiger partial charge in [-0.15, -0.1) is 0 Å². The Kier molecular flexibility index (Phi) is 6.53. The monoisotopic (exact) mass is 448 g/mol. The van der Waals surface area contributed by atoms with Crippen molar-refractivity contribution < 1.29 is 28.7 Å². The summed E-state index contributed by atoms with van der Waals surface area (Å²) in [5.41, 5.74) is 1.02. The zero-order chi connectivity index (χ0) is 23.4. The Morgan fingerprint density at radius 3 is 2.30 bits per heavy atom. The summed E-state index contributed by atoms with van der Waals surface area (Å²) >= 11 is 0. The molecule has 1 aliphatic carbocycles. The van der Waals surface area contributed by atoms with Crippen LogP contribution in [-0.2, 0) is 19.1 Å².